The Morgan fingerprint density at radius 3 is 1.98 bits per heavy atom. The summed E-state index contributed by atoms with van der Waals surface area (Å²) in [7, 11) is 0. The lowest BCUT2D eigenvalue weighted by atomic mass is 9.92. The minimum absolute atomic E-state index is 0.185. The van der Waals surface area contributed by atoms with Gasteiger partial charge in [-0.15, -0.1) is 5.10 Å². The summed E-state index contributed by atoms with van der Waals surface area (Å²) in [6, 6.07) is 13.0. The molecular weight excluding hydrogens is 598 g/mol. The number of anilines is 1. The zero-order valence-electron chi connectivity index (χ0n) is 28.4. The molecule has 46 heavy (non-hydrogen) atoms. The van der Waals surface area contributed by atoms with Gasteiger partial charge in [0.05, 0.1) is 24.6 Å². The first kappa shape index (κ1) is 35.3. The van der Waals surface area contributed by atoms with Gasteiger partial charge in [0.2, 0.25) is 0 Å². The average Bonchev–Trinajstić information content (AvgIpc) is 3.59. The second-order valence-corrected chi connectivity index (χ2v) is 13.5. The fourth-order valence-corrected chi connectivity index (χ4v) is 5.85. The number of hydrogen-bond acceptors (Lipinski definition) is 5. The minimum Gasteiger partial charge on any atom is -0.493 e. The van der Waals surface area contributed by atoms with Crippen molar-refractivity contribution in [2.24, 2.45) is 0 Å². The molecule has 0 aliphatic carbocycles. The summed E-state index contributed by atoms with van der Waals surface area (Å²) in [4.78, 5) is 18.4. The normalized spacial score (nSPS) is 11.7. The Balaban J connectivity index is 1.48. The number of nitrogens with zero attached hydrogens (tertiary/aromatic N) is 3. The van der Waals surface area contributed by atoms with Crippen molar-refractivity contribution in [3.8, 4) is 22.9 Å². The molecule has 2 N–H and O–H groups in total. The number of aromatic amines is 1. The maximum Gasteiger partial charge on any atom is 0.255 e. The van der Waals surface area contributed by atoms with Gasteiger partial charge in [0, 0.05) is 22.6 Å². The molecule has 0 saturated carbocycles. The van der Waals surface area contributed by atoms with E-state index in [1.54, 1.807) is 16.8 Å². The van der Waals surface area contributed by atoms with E-state index in [0.717, 1.165) is 31.4 Å². The number of nitrogens with one attached hydrogen (secondary N) is 2. The molecule has 0 aliphatic rings. The lowest BCUT2D eigenvalue weighted by Crippen LogP contribution is -2.14. The predicted octanol–water partition coefficient (Wildman–Crippen LogP) is 10.4. The van der Waals surface area contributed by atoms with Crippen LogP contribution in [0.4, 0.5) is 5.69 Å². The molecular formula is C37H52ClN5O3. The molecule has 4 rings (SSSR count). The number of carbonyl (C=O) groups excluding carboxylic acids is 1. The number of benzene rings is 2. The Kier molecular flexibility index (Phi) is 13.4. The first-order chi connectivity index (χ1) is 22.2. The molecule has 2 aromatic heterocycles. The van der Waals surface area contributed by atoms with E-state index in [1.165, 1.54) is 51.4 Å². The van der Waals surface area contributed by atoms with Gasteiger partial charge in [-0.25, -0.2) is 4.98 Å². The molecule has 8 nitrogen and oxygen atoms in total. The SMILES string of the molecule is CCCCCCCCOc1cc(OCCCCCCCC)cc(C(=O)Nc2ccccc2-c2nc3c(Cl)c(C(C)(C)C)[nH]n3n2)c1. The van der Waals surface area contributed by atoms with Gasteiger partial charge >= 0.3 is 0 Å². The third-order valence-electron chi connectivity index (χ3n) is 8.08. The maximum atomic E-state index is 13.7. The van der Waals surface area contributed by atoms with Crippen molar-refractivity contribution in [2.75, 3.05) is 18.5 Å². The zero-order valence-corrected chi connectivity index (χ0v) is 29.1. The number of para-hydroxylation sites is 1. The van der Waals surface area contributed by atoms with E-state index in [4.69, 9.17) is 26.1 Å². The molecule has 9 heteroatoms. The third kappa shape index (κ3) is 9.99. The summed E-state index contributed by atoms with van der Waals surface area (Å²) >= 11 is 6.68. The Hall–Kier alpha value is -3.52. The summed E-state index contributed by atoms with van der Waals surface area (Å²) in [6.45, 7) is 11.9. The lowest BCUT2D eigenvalue weighted by Gasteiger charge is -2.16. The topological polar surface area (TPSA) is 93.5 Å². The van der Waals surface area contributed by atoms with Crippen LogP contribution in [0.15, 0.2) is 42.5 Å². The molecule has 4 aromatic rings. The van der Waals surface area contributed by atoms with Gasteiger partial charge in [0.15, 0.2) is 11.5 Å². The van der Waals surface area contributed by atoms with E-state index < -0.39 is 0 Å². The summed E-state index contributed by atoms with van der Waals surface area (Å²) in [5.41, 5.74) is 2.99. The second kappa shape index (κ2) is 17.4. The Morgan fingerprint density at radius 1 is 0.848 bits per heavy atom. The maximum absolute atomic E-state index is 13.7. The molecule has 0 radical (unpaired) electrons. The van der Waals surface area contributed by atoms with Crippen molar-refractivity contribution in [1.82, 2.24) is 19.8 Å². The van der Waals surface area contributed by atoms with Crippen LogP contribution in [0, 0.1) is 0 Å². The number of H-pyrrole nitrogens is 1. The minimum atomic E-state index is -0.264. The van der Waals surface area contributed by atoms with E-state index in [9.17, 15) is 4.79 Å². The number of aromatic nitrogens is 4. The Bertz CT molecular complexity index is 1500. The van der Waals surface area contributed by atoms with Crippen LogP contribution < -0.4 is 14.8 Å². The lowest BCUT2D eigenvalue weighted by molar-refractivity contribution is 0.102. The highest BCUT2D eigenvalue weighted by Gasteiger charge is 2.25. The fourth-order valence-electron chi connectivity index (χ4n) is 5.41. The largest absolute Gasteiger partial charge is 0.493 e. The van der Waals surface area contributed by atoms with Gasteiger partial charge in [0.25, 0.3) is 5.91 Å². The highest BCUT2D eigenvalue weighted by molar-refractivity contribution is 6.34. The average molecular weight is 650 g/mol. The van der Waals surface area contributed by atoms with E-state index >= 15 is 0 Å². The van der Waals surface area contributed by atoms with Gasteiger partial charge in [-0.2, -0.15) is 4.63 Å². The molecule has 0 saturated heterocycles. The van der Waals surface area contributed by atoms with Gasteiger partial charge < -0.3 is 14.8 Å². The number of halogens is 1. The summed E-state index contributed by atoms with van der Waals surface area (Å²) < 4.78 is 13.9. The number of amides is 1. The number of carbonyl (C=O) groups is 1. The number of rotatable bonds is 19. The van der Waals surface area contributed by atoms with Gasteiger partial charge in [-0.1, -0.05) is 123 Å². The smallest absolute Gasteiger partial charge is 0.255 e. The van der Waals surface area contributed by atoms with Crippen LogP contribution in [-0.2, 0) is 5.41 Å². The molecule has 2 heterocycles. The molecule has 2 aromatic carbocycles. The molecule has 0 bridgehead atoms. The molecule has 0 spiro atoms. The molecule has 0 unspecified atom stereocenters. The van der Waals surface area contributed by atoms with Crippen LogP contribution in [-0.4, -0.2) is 38.9 Å². The van der Waals surface area contributed by atoms with Crippen LogP contribution in [0.3, 0.4) is 0 Å². The fraction of sp³-hybridized carbons (Fsp3) is 0.541. The first-order valence-corrected chi connectivity index (χ1v) is 17.5. The van der Waals surface area contributed by atoms with Crippen molar-refractivity contribution in [3.63, 3.8) is 0 Å². The van der Waals surface area contributed by atoms with Gasteiger partial charge in [0.1, 0.15) is 16.5 Å². The van der Waals surface area contributed by atoms with Crippen molar-refractivity contribution in [3.05, 3.63) is 58.7 Å². The van der Waals surface area contributed by atoms with Crippen molar-refractivity contribution < 1.29 is 14.3 Å². The van der Waals surface area contributed by atoms with Gasteiger partial charge in [-0.3, -0.25) is 9.89 Å². The van der Waals surface area contributed by atoms with Crippen LogP contribution in [0.1, 0.15) is 128 Å². The van der Waals surface area contributed by atoms with Crippen LogP contribution in [0.5, 0.6) is 11.5 Å². The quantitative estimate of drug-likeness (QED) is 0.0986. The van der Waals surface area contributed by atoms with E-state index in [2.05, 4.69) is 50.1 Å². The molecule has 0 aliphatic heterocycles. The number of ether oxygens (including phenoxy) is 2. The van der Waals surface area contributed by atoms with Crippen LogP contribution in [0.25, 0.3) is 17.0 Å². The standard InChI is InChI=1S/C37H52ClN5O3/c1-6-8-10-12-14-18-22-45-28-24-27(25-29(26-28)46-23-19-15-13-11-9-7-2)36(44)39-31-21-17-16-20-30(31)34-40-35-32(38)33(37(3,4)5)41-43(35)42-34/h16-17,20-21,24-26,41H,6-15,18-19,22-23H2,1-5H3,(H,39,44). The molecule has 1 amide bonds. The van der Waals surface area contributed by atoms with E-state index in [-0.39, 0.29) is 11.3 Å². The molecule has 250 valence electrons. The highest BCUT2D eigenvalue weighted by atomic mass is 35.5. The monoisotopic (exact) mass is 649 g/mol. The summed E-state index contributed by atoms with van der Waals surface area (Å²) in [6.07, 6.45) is 14.2. The van der Waals surface area contributed by atoms with Crippen LogP contribution in [0.2, 0.25) is 5.02 Å². The zero-order chi connectivity index (χ0) is 32.9. The first-order valence-electron chi connectivity index (χ1n) is 17.2. The second-order valence-electron chi connectivity index (χ2n) is 13.1. The Morgan fingerprint density at radius 2 is 1.41 bits per heavy atom. The molecule has 0 fully saturated rings. The summed E-state index contributed by atoms with van der Waals surface area (Å²) in [5, 5.41) is 11.5. The van der Waals surface area contributed by atoms with Crippen molar-refractivity contribution in [2.45, 2.75) is 117 Å². The van der Waals surface area contributed by atoms with E-state index in [0.29, 0.717) is 58.0 Å². The number of hydrogen-bond donors (Lipinski definition) is 2. The summed E-state index contributed by atoms with van der Waals surface area (Å²) in [5.74, 6) is 1.48. The van der Waals surface area contributed by atoms with E-state index in [1.807, 2.05) is 30.3 Å². The predicted molar refractivity (Wildman–Crippen MR) is 189 cm³/mol. The van der Waals surface area contributed by atoms with Crippen molar-refractivity contribution >= 4 is 28.8 Å². The Labute approximate surface area is 279 Å². The highest BCUT2D eigenvalue weighted by Crippen LogP contribution is 2.33. The third-order valence-corrected chi connectivity index (χ3v) is 8.44. The van der Waals surface area contributed by atoms with Crippen LogP contribution >= 0.6 is 11.6 Å². The number of unbranched alkanes of at least 4 members (excludes halogenated alkanes) is 10. The van der Waals surface area contributed by atoms with Gasteiger partial charge in [-0.05, 0) is 37.1 Å². The molecule has 0 atom stereocenters. The number of fused-ring (bicyclic) bond motifs is 1. The van der Waals surface area contributed by atoms with Crippen molar-refractivity contribution in [1.29, 1.82) is 0 Å².